The fourth-order valence-corrected chi connectivity index (χ4v) is 2.00. The summed E-state index contributed by atoms with van der Waals surface area (Å²) in [5.41, 5.74) is 1.85. The van der Waals surface area contributed by atoms with E-state index in [0.29, 0.717) is 17.4 Å². The zero-order valence-electron chi connectivity index (χ0n) is 10.3. The normalized spacial score (nSPS) is 10.1. The van der Waals surface area contributed by atoms with Gasteiger partial charge in [0, 0.05) is 23.0 Å². The van der Waals surface area contributed by atoms with Gasteiger partial charge in [0.15, 0.2) is 5.82 Å². The number of rotatable bonds is 3. The topological polar surface area (TPSA) is 56.5 Å². The Morgan fingerprint density at radius 3 is 2.70 bits per heavy atom. The molecule has 2 aromatic heterocycles. The zero-order valence-corrected chi connectivity index (χ0v) is 11.9. The highest BCUT2D eigenvalue weighted by Gasteiger charge is 2.10. The second kappa shape index (κ2) is 6.45. The molecule has 0 atom stereocenters. The summed E-state index contributed by atoms with van der Waals surface area (Å²) < 4.78 is 1.71. The van der Waals surface area contributed by atoms with Crippen LogP contribution in [-0.4, -0.2) is 25.2 Å². The molecular formula is C13H11Cl2N5. The van der Waals surface area contributed by atoms with Crippen LogP contribution in [0.25, 0.3) is 11.4 Å². The molecule has 0 unspecified atom stereocenters. The van der Waals surface area contributed by atoms with Gasteiger partial charge in [-0.15, -0.1) is 17.5 Å². The lowest BCUT2D eigenvalue weighted by Crippen LogP contribution is -2.05. The molecule has 0 radical (unpaired) electrons. The predicted octanol–water partition coefficient (Wildman–Crippen LogP) is 2.86. The molecule has 0 saturated heterocycles. The SMILES string of the molecule is Cl.Clc1ccccc1Cn1nnnc1-c1cccnc1. The first-order valence-corrected chi connectivity index (χ1v) is 6.12. The molecule has 0 aliphatic rings. The standard InChI is InChI=1S/C13H10ClN5.ClH/c14-12-6-2-1-4-11(12)9-19-13(16-17-18-19)10-5-3-7-15-8-10;/h1-8H,9H2;1H. The molecule has 0 saturated carbocycles. The summed E-state index contributed by atoms with van der Waals surface area (Å²) in [5, 5.41) is 12.4. The van der Waals surface area contributed by atoms with Crippen LogP contribution in [0, 0.1) is 0 Å². The van der Waals surface area contributed by atoms with Crippen molar-refractivity contribution in [1.29, 1.82) is 0 Å². The van der Waals surface area contributed by atoms with Gasteiger partial charge >= 0.3 is 0 Å². The third-order valence-electron chi connectivity index (χ3n) is 2.73. The first-order chi connectivity index (χ1) is 9.34. The molecule has 0 fully saturated rings. The van der Waals surface area contributed by atoms with E-state index >= 15 is 0 Å². The summed E-state index contributed by atoms with van der Waals surface area (Å²) in [6.45, 7) is 0.525. The Morgan fingerprint density at radius 1 is 1.10 bits per heavy atom. The fraction of sp³-hybridized carbons (Fsp3) is 0.0769. The largest absolute Gasteiger partial charge is 0.264 e. The lowest BCUT2D eigenvalue weighted by atomic mass is 10.2. The Morgan fingerprint density at radius 2 is 1.95 bits per heavy atom. The summed E-state index contributed by atoms with van der Waals surface area (Å²) >= 11 is 6.15. The van der Waals surface area contributed by atoms with E-state index in [9.17, 15) is 0 Å². The molecule has 20 heavy (non-hydrogen) atoms. The van der Waals surface area contributed by atoms with Crippen LogP contribution in [0.2, 0.25) is 5.02 Å². The maximum atomic E-state index is 6.15. The summed E-state index contributed by atoms with van der Waals surface area (Å²) in [5.74, 6) is 0.674. The highest BCUT2D eigenvalue weighted by Crippen LogP contribution is 2.19. The molecule has 2 heterocycles. The van der Waals surface area contributed by atoms with Crippen LogP contribution in [0.3, 0.4) is 0 Å². The van der Waals surface area contributed by atoms with Gasteiger partial charge in [-0.2, -0.15) is 0 Å². The minimum atomic E-state index is 0. The van der Waals surface area contributed by atoms with Crippen molar-refractivity contribution in [1.82, 2.24) is 25.2 Å². The smallest absolute Gasteiger partial charge is 0.183 e. The maximum Gasteiger partial charge on any atom is 0.183 e. The van der Waals surface area contributed by atoms with Crippen LogP contribution in [0.5, 0.6) is 0 Å². The van der Waals surface area contributed by atoms with Gasteiger partial charge in [-0.25, -0.2) is 4.68 Å². The van der Waals surface area contributed by atoms with Crippen molar-refractivity contribution in [2.24, 2.45) is 0 Å². The average molecular weight is 308 g/mol. The minimum absolute atomic E-state index is 0. The summed E-state index contributed by atoms with van der Waals surface area (Å²) in [6.07, 6.45) is 3.44. The van der Waals surface area contributed by atoms with Crippen molar-refractivity contribution < 1.29 is 0 Å². The third-order valence-corrected chi connectivity index (χ3v) is 3.10. The predicted molar refractivity (Wildman–Crippen MR) is 78.9 cm³/mol. The number of tetrazole rings is 1. The number of benzene rings is 1. The van der Waals surface area contributed by atoms with Crippen molar-refractivity contribution in [2.75, 3.05) is 0 Å². The van der Waals surface area contributed by atoms with Crippen LogP contribution in [0.15, 0.2) is 48.8 Å². The molecule has 0 amide bonds. The van der Waals surface area contributed by atoms with Crippen molar-refractivity contribution in [3.8, 4) is 11.4 Å². The molecular weight excluding hydrogens is 297 g/mol. The van der Waals surface area contributed by atoms with Gasteiger partial charge in [-0.3, -0.25) is 4.98 Å². The van der Waals surface area contributed by atoms with Gasteiger partial charge < -0.3 is 0 Å². The Labute approximate surface area is 127 Å². The van der Waals surface area contributed by atoms with E-state index in [0.717, 1.165) is 11.1 Å². The van der Waals surface area contributed by atoms with Gasteiger partial charge in [0.2, 0.25) is 0 Å². The van der Waals surface area contributed by atoms with E-state index in [4.69, 9.17) is 11.6 Å². The molecule has 0 spiro atoms. The first-order valence-electron chi connectivity index (χ1n) is 5.74. The van der Waals surface area contributed by atoms with Crippen LogP contribution >= 0.6 is 24.0 Å². The van der Waals surface area contributed by atoms with E-state index in [1.807, 2.05) is 36.4 Å². The number of pyridine rings is 1. The molecule has 1 aromatic carbocycles. The second-order valence-electron chi connectivity index (χ2n) is 3.99. The molecule has 3 aromatic rings. The molecule has 0 aliphatic heterocycles. The molecule has 0 bridgehead atoms. The fourth-order valence-electron chi connectivity index (χ4n) is 1.80. The van der Waals surface area contributed by atoms with Crippen LogP contribution < -0.4 is 0 Å². The average Bonchev–Trinajstić information content (AvgIpc) is 2.91. The van der Waals surface area contributed by atoms with Gasteiger partial charge in [0.25, 0.3) is 0 Å². The quantitative estimate of drug-likeness (QED) is 0.746. The maximum absolute atomic E-state index is 6.15. The van der Waals surface area contributed by atoms with Gasteiger partial charge in [-0.05, 0) is 34.2 Å². The van der Waals surface area contributed by atoms with Crippen LogP contribution in [0.4, 0.5) is 0 Å². The molecule has 102 valence electrons. The van der Waals surface area contributed by atoms with E-state index in [1.54, 1.807) is 17.1 Å². The van der Waals surface area contributed by atoms with E-state index < -0.39 is 0 Å². The Balaban J connectivity index is 0.00000147. The van der Waals surface area contributed by atoms with Crippen molar-refractivity contribution in [3.63, 3.8) is 0 Å². The zero-order chi connectivity index (χ0) is 13.1. The lowest BCUT2D eigenvalue weighted by molar-refractivity contribution is 0.653. The Bertz CT molecular complexity index is 684. The van der Waals surface area contributed by atoms with E-state index in [2.05, 4.69) is 20.5 Å². The van der Waals surface area contributed by atoms with Gasteiger partial charge in [0.1, 0.15) is 0 Å². The van der Waals surface area contributed by atoms with Crippen molar-refractivity contribution in [2.45, 2.75) is 6.54 Å². The highest BCUT2D eigenvalue weighted by atomic mass is 35.5. The minimum Gasteiger partial charge on any atom is -0.264 e. The molecule has 3 rings (SSSR count). The van der Waals surface area contributed by atoms with Crippen molar-refractivity contribution in [3.05, 3.63) is 59.4 Å². The molecule has 7 heteroatoms. The van der Waals surface area contributed by atoms with E-state index in [-0.39, 0.29) is 12.4 Å². The Kier molecular flexibility index (Phi) is 4.65. The summed E-state index contributed by atoms with van der Waals surface area (Å²) in [6, 6.07) is 11.4. The molecule has 0 N–H and O–H groups in total. The number of halogens is 2. The molecule has 0 aliphatic carbocycles. The molecule has 5 nitrogen and oxygen atoms in total. The van der Waals surface area contributed by atoms with Crippen LogP contribution in [0.1, 0.15) is 5.56 Å². The number of nitrogens with zero attached hydrogens (tertiary/aromatic N) is 5. The lowest BCUT2D eigenvalue weighted by Gasteiger charge is -2.06. The summed E-state index contributed by atoms with van der Waals surface area (Å²) in [7, 11) is 0. The van der Waals surface area contributed by atoms with Crippen molar-refractivity contribution >= 4 is 24.0 Å². The second-order valence-corrected chi connectivity index (χ2v) is 4.40. The number of hydrogen-bond donors (Lipinski definition) is 0. The first kappa shape index (κ1) is 14.4. The Hall–Kier alpha value is -1.98. The summed E-state index contributed by atoms with van der Waals surface area (Å²) in [4.78, 5) is 4.07. The number of aromatic nitrogens is 5. The number of hydrogen-bond acceptors (Lipinski definition) is 4. The highest BCUT2D eigenvalue weighted by molar-refractivity contribution is 6.31. The van der Waals surface area contributed by atoms with Gasteiger partial charge in [-0.1, -0.05) is 29.8 Å². The van der Waals surface area contributed by atoms with Crippen LogP contribution in [-0.2, 0) is 6.54 Å². The monoisotopic (exact) mass is 307 g/mol. The van der Waals surface area contributed by atoms with E-state index in [1.165, 1.54) is 0 Å². The third kappa shape index (κ3) is 2.95. The van der Waals surface area contributed by atoms with Gasteiger partial charge in [0.05, 0.1) is 6.54 Å².